The molecule has 0 aromatic heterocycles. The molecule has 4 atom stereocenters. The Morgan fingerprint density at radius 2 is 1.55 bits per heavy atom. The minimum atomic E-state index is -0.507. The maximum absolute atomic E-state index is 12.4. The average molecular weight is 517 g/mol. The van der Waals surface area contributed by atoms with Crippen LogP contribution in [0.5, 0.6) is 0 Å². The van der Waals surface area contributed by atoms with E-state index in [9.17, 15) is 9.90 Å². The van der Waals surface area contributed by atoms with Crippen LogP contribution in [0, 0.1) is 5.92 Å². The van der Waals surface area contributed by atoms with Crippen LogP contribution in [0.3, 0.4) is 0 Å². The zero-order valence-corrected chi connectivity index (χ0v) is 21.8. The minimum Gasteiger partial charge on any atom is -0.392 e. The Bertz CT molecular complexity index is 1160. The van der Waals surface area contributed by atoms with Crippen molar-refractivity contribution in [3.05, 3.63) is 107 Å². The van der Waals surface area contributed by atoms with E-state index < -0.39 is 6.29 Å². The predicted molar refractivity (Wildman–Crippen MR) is 144 cm³/mol. The van der Waals surface area contributed by atoms with Gasteiger partial charge in [-0.05, 0) is 28.8 Å². The molecule has 2 heterocycles. The van der Waals surface area contributed by atoms with Crippen molar-refractivity contribution >= 4 is 5.91 Å². The molecule has 1 amide bonds. The highest BCUT2D eigenvalue weighted by Gasteiger charge is 2.39. The van der Waals surface area contributed by atoms with Gasteiger partial charge in [0.05, 0.1) is 32.0 Å². The zero-order chi connectivity index (χ0) is 26.3. The number of nitrogens with one attached hydrogen (secondary N) is 1. The quantitative estimate of drug-likeness (QED) is 0.467. The van der Waals surface area contributed by atoms with E-state index in [1.165, 1.54) is 0 Å². The van der Waals surface area contributed by atoms with Gasteiger partial charge in [-0.15, -0.1) is 0 Å². The van der Waals surface area contributed by atoms with Crippen LogP contribution in [0.15, 0.2) is 78.9 Å². The zero-order valence-electron chi connectivity index (χ0n) is 21.8. The summed E-state index contributed by atoms with van der Waals surface area (Å²) < 4.78 is 18.7. The van der Waals surface area contributed by atoms with Crippen LogP contribution in [0.1, 0.15) is 51.9 Å². The first-order valence-electron chi connectivity index (χ1n) is 13.3. The van der Waals surface area contributed by atoms with Crippen molar-refractivity contribution in [2.45, 2.75) is 38.6 Å². The fraction of sp³-hybridized carbons (Fsp3) is 0.387. The molecule has 200 valence electrons. The molecule has 0 aliphatic carbocycles. The lowest BCUT2D eigenvalue weighted by molar-refractivity contribution is -0.277. The van der Waals surface area contributed by atoms with Gasteiger partial charge in [-0.2, -0.15) is 0 Å². The summed E-state index contributed by atoms with van der Waals surface area (Å²) in [5.41, 5.74) is 4.55. The lowest BCUT2D eigenvalue weighted by Gasteiger charge is -2.43. The average Bonchev–Trinajstić information content (AvgIpc) is 2.98. The SMILES string of the molecule is CC1C(CN2CCOCC2)OC(c2ccc(CNC(=O)c3ccccc3)cc2)OC1c1ccc(CO)cc1. The molecule has 2 saturated heterocycles. The number of hydrogen-bond donors (Lipinski definition) is 2. The smallest absolute Gasteiger partial charge is 0.251 e. The van der Waals surface area contributed by atoms with Crippen LogP contribution < -0.4 is 5.32 Å². The van der Waals surface area contributed by atoms with Crippen molar-refractivity contribution in [3.63, 3.8) is 0 Å². The lowest BCUT2D eigenvalue weighted by Crippen LogP contribution is -2.47. The Morgan fingerprint density at radius 3 is 2.24 bits per heavy atom. The Balaban J connectivity index is 1.30. The summed E-state index contributed by atoms with van der Waals surface area (Å²) in [6.45, 7) is 6.75. The fourth-order valence-corrected chi connectivity index (χ4v) is 5.03. The number of rotatable bonds is 8. The van der Waals surface area contributed by atoms with Gasteiger partial charge in [0.15, 0.2) is 6.29 Å². The van der Waals surface area contributed by atoms with Gasteiger partial charge in [-0.25, -0.2) is 0 Å². The van der Waals surface area contributed by atoms with Gasteiger partial charge in [-0.1, -0.05) is 73.7 Å². The summed E-state index contributed by atoms with van der Waals surface area (Å²) in [7, 11) is 0. The first kappa shape index (κ1) is 26.5. The number of hydrogen-bond acceptors (Lipinski definition) is 6. The molecule has 2 fully saturated rings. The Morgan fingerprint density at radius 1 is 0.895 bits per heavy atom. The molecular weight excluding hydrogens is 480 g/mol. The second-order valence-electron chi connectivity index (χ2n) is 10.0. The van der Waals surface area contributed by atoms with Crippen LogP contribution in [0.4, 0.5) is 0 Å². The van der Waals surface area contributed by atoms with Gasteiger partial charge < -0.3 is 24.6 Å². The Kier molecular flexibility index (Phi) is 8.83. The summed E-state index contributed by atoms with van der Waals surface area (Å²) in [6.07, 6.45) is -0.663. The second-order valence-corrected chi connectivity index (χ2v) is 10.0. The van der Waals surface area contributed by atoms with Gasteiger partial charge in [-0.3, -0.25) is 9.69 Å². The molecule has 3 aromatic carbocycles. The van der Waals surface area contributed by atoms with Crippen LogP contribution in [-0.2, 0) is 27.4 Å². The van der Waals surface area contributed by atoms with Crippen molar-refractivity contribution in [2.24, 2.45) is 5.92 Å². The predicted octanol–water partition coefficient (Wildman–Crippen LogP) is 4.23. The van der Waals surface area contributed by atoms with E-state index >= 15 is 0 Å². The van der Waals surface area contributed by atoms with Crippen molar-refractivity contribution < 1.29 is 24.1 Å². The van der Waals surface area contributed by atoms with Crippen LogP contribution in [0.25, 0.3) is 0 Å². The van der Waals surface area contributed by atoms with E-state index in [4.69, 9.17) is 14.2 Å². The Labute approximate surface area is 224 Å². The molecule has 2 N–H and O–H groups in total. The number of nitrogens with zero attached hydrogens (tertiary/aromatic N) is 1. The van der Waals surface area contributed by atoms with Crippen LogP contribution in [0.2, 0.25) is 0 Å². The third kappa shape index (κ3) is 6.49. The van der Waals surface area contributed by atoms with Crippen LogP contribution >= 0.6 is 0 Å². The van der Waals surface area contributed by atoms with Gasteiger partial charge in [0.2, 0.25) is 0 Å². The molecule has 38 heavy (non-hydrogen) atoms. The standard InChI is InChI=1S/C31H36N2O5/c1-22-28(20-33-15-17-36-18-16-33)37-31(38-29(22)25-11-9-24(21-34)10-12-25)27-13-7-23(8-14-27)19-32-30(35)26-5-3-2-4-6-26/h2-14,22,28-29,31,34H,15-21H2,1H3,(H,32,35). The highest BCUT2D eigenvalue weighted by atomic mass is 16.7. The highest BCUT2D eigenvalue weighted by Crippen LogP contribution is 2.41. The summed E-state index contributed by atoms with van der Waals surface area (Å²) in [6, 6.07) is 25.2. The van der Waals surface area contributed by atoms with Crippen molar-refractivity contribution in [1.82, 2.24) is 10.2 Å². The summed E-state index contributed by atoms with van der Waals surface area (Å²) in [4.78, 5) is 14.8. The van der Waals surface area contributed by atoms with Crippen molar-refractivity contribution in [2.75, 3.05) is 32.8 Å². The lowest BCUT2D eigenvalue weighted by atomic mass is 9.90. The topological polar surface area (TPSA) is 80.3 Å². The molecule has 0 saturated carbocycles. The first-order valence-corrected chi connectivity index (χ1v) is 13.3. The molecule has 7 nitrogen and oxygen atoms in total. The van der Waals surface area contributed by atoms with Gasteiger partial charge in [0.1, 0.15) is 0 Å². The number of benzene rings is 3. The maximum atomic E-state index is 12.4. The number of carbonyl (C=O) groups excluding carboxylic acids is 1. The molecule has 0 bridgehead atoms. The van der Waals surface area contributed by atoms with Gasteiger partial charge in [0, 0.05) is 43.2 Å². The van der Waals surface area contributed by atoms with Crippen LogP contribution in [-0.4, -0.2) is 54.9 Å². The normalized spacial score (nSPS) is 24.2. The molecule has 4 unspecified atom stereocenters. The fourth-order valence-electron chi connectivity index (χ4n) is 5.03. The number of aliphatic hydroxyl groups is 1. The summed E-state index contributed by atoms with van der Waals surface area (Å²) >= 11 is 0. The van der Waals surface area contributed by atoms with Gasteiger partial charge in [0.25, 0.3) is 5.91 Å². The van der Waals surface area contributed by atoms with Gasteiger partial charge >= 0.3 is 0 Å². The van der Waals surface area contributed by atoms with Crippen molar-refractivity contribution in [1.29, 1.82) is 0 Å². The third-order valence-corrected chi connectivity index (χ3v) is 7.41. The number of amides is 1. The molecule has 7 heteroatoms. The molecule has 2 aliphatic rings. The van der Waals surface area contributed by atoms with E-state index in [2.05, 4.69) is 17.1 Å². The highest BCUT2D eigenvalue weighted by molar-refractivity contribution is 5.94. The molecular formula is C31H36N2O5. The van der Waals surface area contributed by atoms with E-state index in [0.29, 0.717) is 12.1 Å². The van der Waals surface area contributed by atoms with E-state index in [1.807, 2.05) is 66.7 Å². The first-order chi connectivity index (χ1) is 18.6. The largest absolute Gasteiger partial charge is 0.392 e. The minimum absolute atomic E-state index is 0.0146. The molecule has 5 rings (SSSR count). The number of carbonyl (C=O) groups is 1. The molecule has 2 aliphatic heterocycles. The van der Waals surface area contributed by atoms with Crippen molar-refractivity contribution in [3.8, 4) is 0 Å². The number of ether oxygens (including phenoxy) is 3. The Hall–Kier alpha value is -3.07. The molecule has 0 spiro atoms. The van der Waals surface area contributed by atoms with E-state index in [0.717, 1.165) is 55.1 Å². The monoisotopic (exact) mass is 516 g/mol. The van der Waals surface area contributed by atoms with E-state index in [1.54, 1.807) is 12.1 Å². The second kappa shape index (κ2) is 12.7. The third-order valence-electron chi connectivity index (χ3n) is 7.41. The number of aliphatic hydroxyl groups excluding tert-OH is 1. The maximum Gasteiger partial charge on any atom is 0.251 e. The summed E-state index contributed by atoms with van der Waals surface area (Å²) in [5, 5.41) is 12.4. The number of morpholine rings is 1. The molecule has 0 radical (unpaired) electrons. The van der Waals surface area contributed by atoms with E-state index in [-0.39, 0.29) is 30.6 Å². The molecule has 3 aromatic rings. The summed E-state index contributed by atoms with van der Waals surface area (Å²) in [5.74, 6) is 0.0465.